The number of ether oxygens (including phenoxy) is 2. The Bertz CT molecular complexity index is 1070. The van der Waals surface area contributed by atoms with Crippen molar-refractivity contribution in [1.29, 1.82) is 0 Å². The number of piperazine rings is 1. The molecule has 11 heteroatoms. The van der Waals surface area contributed by atoms with Crippen molar-refractivity contribution < 1.29 is 22.7 Å². The number of hydrogen-bond acceptors (Lipinski definition) is 8. The summed E-state index contributed by atoms with van der Waals surface area (Å²) in [5.74, 6) is 1.06. The van der Waals surface area contributed by atoms with Gasteiger partial charge in [-0.1, -0.05) is 13.8 Å². The number of nitrogens with zero attached hydrogens (tertiary/aromatic N) is 4. The molecule has 0 unspecified atom stereocenters. The number of nitrogens with one attached hydrogen (secondary N) is 1. The monoisotopic (exact) mass is 475 g/mol. The third-order valence-electron chi connectivity index (χ3n) is 5.67. The molecular weight excluding hydrogens is 446 g/mol. The number of aromatic nitrogens is 2. The summed E-state index contributed by atoms with van der Waals surface area (Å²) in [5.41, 5.74) is 0. The average molecular weight is 476 g/mol. The van der Waals surface area contributed by atoms with Crippen LogP contribution in [0.25, 0.3) is 0 Å². The van der Waals surface area contributed by atoms with Crippen LogP contribution in [0.15, 0.2) is 41.6 Å². The third-order valence-corrected chi connectivity index (χ3v) is 7.11. The molecule has 0 saturated carbocycles. The molecule has 10 nitrogen and oxygen atoms in total. The van der Waals surface area contributed by atoms with Gasteiger partial charge in [0.1, 0.15) is 6.04 Å². The summed E-state index contributed by atoms with van der Waals surface area (Å²) in [6.45, 7) is 6.71. The molecule has 2 aromatic rings. The van der Waals surface area contributed by atoms with Crippen LogP contribution in [0.3, 0.4) is 0 Å². The molecule has 1 aromatic carbocycles. The van der Waals surface area contributed by atoms with Crippen molar-refractivity contribution in [1.82, 2.24) is 19.6 Å². The smallest absolute Gasteiger partial charge is 0.241 e. The second kappa shape index (κ2) is 9.92. The average Bonchev–Trinajstić information content (AvgIpc) is 3.08. The van der Waals surface area contributed by atoms with E-state index in [4.69, 9.17) is 9.47 Å². The molecule has 4 rings (SSSR count). The molecule has 1 fully saturated rings. The highest BCUT2D eigenvalue weighted by atomic mass is 32.2. The summed E-state index contributed by atoms with van der Waals surface area (Å²) in [7, 11) is -3.95. The molecule has 0 spiro atoms. The van der Waals surface area contributed by atoms with Crippen LogP contribution >= 0.6 is 0 Å². The Balaban J connectivity index is 1.45. The molecule has 1 saturated heterocycles. The maximum absolute atomic E-state index is 13.3. The molecule has 1 aromatic heterocycles. The Labute approximate surface area is 194 Å². The minimum absolute atomic E-state index is 0.0382. The van der Waals surface area contributed by atoms with Gasteiger partial charge < -0.3 is 19.3 Å². The minimum Gasteiger partial charge on any atom is -0.490 e. The van der Waals surface area contributed by atoms with E-state index in [2.05, 4.69) is 14.7 Å². The Morgan fingerprint density at radius 3 is 2.36 bits per heavy atom. The summed E-state index contributed by atoms with van der Waals surface area (Å²) in [4.78, 5) is 25.5. The lowest BCUT2D eigenvalue weighted by atomic mass is 10.0. The highest BCUT2D eigenvalue weighted by Crippen LogP contribution is 2.32. The zero-order chi connectivity index (χ0) is 23.4. The number of anilines is 1. The summed E-state index contributed by atoms with van der Waals surface area (Å²) in [5, 5.41) is 0. The van der Waals surface area contributed by atoms with Gasteiger partial charge in [0.15, 0.2) is 11.5 Å². The first-order chi connectivity index (χ1) is 15.8. The van der Waals surface area contributed by atoms with E-state index in [1.807, 2.05) is 18.7 Å². The zero-order valence-corrected chi connectivity index (χ0v) is 19.6. The van der Waals surface area contributed by atoms with Crippen molar-refractivity contribution in [3.8, 4) is 11.5 Å². The van der Waals surface area contributed by atoms with Crippen LogP contribution in [0.2, 0.25) is 0 Å². The first-order valence-electron chi connectivity index (χ1n) is 11.1. The predicted molar refractivity (Wildman–Crippen MR) is 122 cm³/mol. The molecule has 2 aliphatic rings. The van der Waals surface area contributed by atoms with Crippen LogP contribution in [0.1, 0.15) is 20.3 Å². The second-order valence-electron chi connectivity index (χ2n) is 8.36. The van der Waals surface area contributed by atoms with Crippen molar-refractivity contribution in [3.63, 3.8) is 0 Å². The van der Waals surface area contributed by atoms with Crippen LogP contribution < -0.4 is 19.1 Å². The molecule has 0 bridgehead atoms. The highest BCUT2D eigenvalue weighted by molar-refractivity contribution is 7.89. The Kier molecular flexibility index (Phi) is 6.99. The summed E-state index contributed by atoms with van der Waals surface area (Å²) in [6, 6.07) is 5.38. The first-order valence-corrected chi connectivity index (χ1v) is 12.6. The molecule has 3 heterocycles. The standard InChI is InChI=1S/C22H29N5O5S/c1-16(2)20(21(28)26-9-11-27(12-10-26)22-23-7-3-8-24-22)25-33(29,30)17-5-6-18-19(15-17)32-14-4-13-31-18/h3,5-8,15-16,20,25H,4,9-14H2,1-2H3/t20-/m1/s1. The van der Waals surface area contributed by atoms with Gasteiger partial charge in [0.25, 0.3) is 0 Å². The van der Waals surface area contributed by atoms with E-state index in [0.29, 0.717) is 56.8 Å². The van der Waals surface area contributed by atoms with Gasteiger partial charge in [0.05, 0.1) is 18.1 Å². The number of carbonyl (C=O) groups is 1. The zero-order valence-electron chi connectivity index (χ0n) is 18.8. The van der Waals surface area contributed by atoms with Crippen LogP contribution in [0.5, 0.6) is 11.5 Å². The summed E-state index contributed by atoms with van der Waals surface area (Å²) in [6.07, 6.45) is 4.09. The lowest BCUT2D eigenvalue weighted by Gasteiger charge is -2.37. The van der Waals surface area contributed by atoms with Gasteiger partial charge in [-0.3, -0.25) is 4.79 Å². The molecule has 1 atom stereocenters. The van der Waals surface area contributed by atoms with Gasteiger partial charge in [-0.2, -0.15) is 4.72 Å². The molecule has 0 aliphatic carbocycles. The van der Waals surface area contributed by atoms with E-state index in [1.54, 1.807) is 29.4 Å². The fourth-order valence-corrected chi connectivity index (χ4v) is 5.15. The predicted octanol–water partition coefficient (Wildman–Crippen LogP) is 1.29. The summed E-state index contributed by atoms with van der Waals surface area (Å²) >= 11 is 0. The number of sulfonamides is 1. The van der Waals surface area contributed by atoms with Gasteiger partial charge in [-0.05, 0) is 24.1 Å². The largest absolute Gasteiger partial charge is 0.490 e. The van der Waals surface area contributed by atoms with Crippen molar-refractivity contribution >= 4 is 21.9 Å². The molecule has 178 valence electrons. The SMILES string of the molecule is CC(C)[C@@H](NS(=O)(=O)c1ccc2c(c1)OCCCO2)C(=O)N1CCN(c2ncccn2)CC1. The first kappa shape index (κ1) is 23.2. The third kappa shape index (κ3) is 5.36. The maximum atomic E-state index is 13.3. The molecule has 33 heavy (non-hydrogen) atoms. The maximum Gasteiger partial charge on any atom is 0.241 e. The van der Waals surface area contributed by atoms with Crippen molar-refractivity contribution in [2.75, 3.05) is 44.3 Å². The van der Waals surface area contributed by atoms with E-state index < -0.39 is 16.1 Å². The lowest BCUT2D eigenvalue weighted by molar-refractivity contribution is -0.134. The van der Waals surface area contributed by atoms with E-state index >= 15 is 0 Å². The fourth-order valence-electron chi connectivity index (χ4n) is 3.80. The van der Waals surface area contributed by atoms with Gasteiger partial charge in [-0.15, -0.1) is 0 Å². The second-order valence-corrected chi connectivity index (χ2v) is 10.1. The normalized spacial score (nSPS) is 17.5. The van der Waals surface area contributed by atoms with E-state index in [0.717, 1.165) is 6.42 Å². The van der Waals surface area contributed by atoms with Crippen molar-refractivity contribution in [2.45, 2.75) is 31.2 Å². The van der Waals surface area contributed by atoms with Gasteiger partial charge in [0.2, 0.25) is 21.9 Å². The van der Waals surface area contributed by atoms with Crippen molar-refractivity contribution in [2.24, 2.45) is 5.92 Å². The number of amides is 1. The molecule has 0 radical (unpaired) electrons. The number of benzene rings is 1. The quantitative estimate of drug-likeness (QED) is 0.665. The summed E-state index contributed by atoms with van der Waals surface area (Å²) < 4.78 is 40.1. The Hall–Kier alpha value is -2.92. The van der Waals surface area contributed by atoms with Gasteiger partial charge in [-0.25, -0.2) is 18.4 Å². The fraction of sp³-hybridized carbons (Fsp3) is 0.500. The Morgan fingerprint density at radius 2 is 1.70 bits per heavy atom. The number of carbonyl (C=O) groups excluding carboxylic acids is 1. The number of rotatable bonds is 6. The molecule has 1 amide bonds. The topological polar surface area (TPSA) is 114 Å². The van der Waals surface area contributed by atoms with Crippen LogP contribution in [-0.2, 0) is 14.8 Å². The number of hydrogen-bond donors (Lipinski definition) is 1. The van der Waals surface area contributed by atoms with E-state index in [9.17, 15) is 13.2 Å². The van der Waals surface area contributed by atoms with Crippen LogP contribution in [0, 0.1) is 5.92 Å². The highest BCUT2D eigenvalue weighted by Gasteiger charge is 2.33. The lowest BCUT2D eigenvalue weighted by Crippen LogP contribution is -2.56. The van der Waals surface area contributed by atoms with Gasteiger partial charge >= 0.3 is 0 Å². The number of fused-ring (bicyclic) bond motifs is 1. The van der Waals surface area contributed by atoms with E-state index in [1.165, 1.54) is 12.1 Å². The minimum atomic E-state index is -3.95. The molecular formula is C22H29N5O5S. The molecule has 2 aliphatic heterocycles. The molecule has 1 N–H and O–H groups in total. The van der Waals surface area contributed by atoms with E-state index in [-0.39, 0.29) is 16.7 Å². The van der Waals surface area contributed by atoms with Crippen LogP contribution in [-0.4, -0.2) is 74.6 Å². The van der Waals surface area contributed by atoms with Crippen molar-refractivity contribution in [3.05, 3.63) is 36.7 Å². The van der Waals surface area contributed by atoms with Gasteiger partial charge in [0, 0.05) is 51.1 Å². The van der Waals surface area contributed by atoms with Crippen LogP contribution in [0.4, 0.5) is 5.95 Å². The Morgan fingerprint density at radius 1 is 1.03 bits per heavy atom.